The monoisotopic (exact) mass is 1300 g/mol. The summed E-state index contributed by atoms with van der Waals surface area (Å²) in [6.07, 6.45) is 5.10. The molecule has 0 spiro atoms. The van der Waals surface area contributed by atoms with Gasteiger partial charge >= 0.3 is 0 Å². The lowest BCUT2D eigenvalue weighted by Crippen LogP contribution is -2.02. The SMILES string of the molecule is C=CC(=O)c1ccc2c(c1)Sc1ccc(C(=O)C=C)cc1S2.C=CC(=O)c1ccc2c(c1)Sc1ccccc1S2.O=C(CCCl)c1ccc2c(c1)Sc1ccc(C(=O)CCCl)cc1S2.O=C(CCCl)c1ccc2c(c1)Sc1ccccc1S2. The Morgan fingerprint density at radius 2 is 0.458 bits per heavy atom. The van der Waals surface area contributed by atoms with Gasteiger partial charge in [0.05, 0.1) is 0 Å². The number of allylic oxidation sites excluding steroid dienone is 3. The van der Waals surface area contributed by atoms with Crippen molar-refractivity contribution >= 4 is 164 Å². The fourth-order valence-corrected chi connectivity index (χ4v) is 17.8. The first-order valence-corrected chi connectivity index (χ1v) is 33.7. The van der Waals surface area contributed by atoms with E-state index in [4.69, 9.17) is 34.8 Å². The molecule has 0 aliphatic carbocycles. The van der Waals surface area contributed by atoms with Crippen molar-refractivity contribution in [1.29, 1.82) is 0 Å². The van der Waals surface area contributed by atoms with Crippen molar-refractivity contribution in [2.24, 2.45) is 0 Å². The molecule has 17 heteroatoms. The number of alkyl halides is 3. The lowest BCUT2D eigenvalue weighted by atomic mass is 10.1. The number of hydrogen-bond donors (Lipinski definition) is 0. The molecule has 416 valence electrons. The molecule has 0 fully saturated rings. The number of carbonyl (C=O) groups excluding carboxylic acids is 6. The van der Waals surface area contributed by atoms with Gasteiger partial charge in [0, 0.05) is 149 Å². The first-order chi connectivity index (χ1) is 40.3. The van der Waals surface area contributed by atoms with Crippen LogP contribution in [0.15, 0.2) is 274 Å². The number of hydrogen-bond acceptors (Lipinski definition) is 14. The van der Waals surface area contributed by atoms with Gasteiger partial charge in [0.1, 0.15) is 0 Å². The summed E-state index contributed by atoms with van der Waals surface area (Å²) in [7, 11) is 0. The minimum Gasteiger partial charge on any atom is -0.294 e. The highest BCUT2D eigenvalue weighted by atomic mass is 35.5. The highest BCUT2D eigenvalue weighted by molar-refractivity contribution is 8.06. The second-order valence-electron chi connectivity index (χ2n) is 18.0. The van der Waals surface area contributed by atoms with Gasteiger partial charge in [-0.3, -0.25) is 28.8 Å². The van der Waals surface area contributed by atoms with Crippen LogP contribution >= 0.6 is 129 Å². The minimum atomic E-state index is -0.0777. The molecule has 0 atom stereocenters. The highest BCUT2D eigenvalue weighted by Crippen LogP contribution is 2.52. The van der Waals surface area contributed by atoms with Gasteiger partial charge < -0.3 is 0 Å². The lowest BCUT2D eigenvalue weighted by Gasteiger charge is -2.19. The predicted molar refractivity (Wildman–Crippen MR) is 347 cm³/mol. The smallest absolute Gasteiger partial charge is 0.185 e. The average molecular weight is 1300 g/mol. The van der Waals surface area contributed by atoms with Gasteiger partial charge in [-0.2, -0.15) is 0 Å². The molecule has 0 N–H and O–H groups in total. The summed E-state index contributed by atoms with van der Waals surface area (Å²) in [6.45, 7) is 10.6. The van der Waals surface area contributed by atoms with E-state index in [1.54, 1.807) is 106 Å². The van der Waals surface area contributed by atoms with E-state index in [2.05, 4.69) is 50.1 Å². The zero-order valence-corrected chi connectivity index (χ0v) is 52.8. The van der Waals surface area contributed by atoms with Gasteiger partial charge in [0.15, 0.2) is 34.7 Å². The molecule has 4 heterocycles. The second kappa shape index (κ2) is 29.7. The number of rotatable bonds is 15. The number of carbonyl (C=O) groups is 6. The molecule has 6 nitrogen and oxygen atoms in total. The van der Waals surface area contributed by atoms with E-state index in [-0.39, 0.29) is 34.7 Å². The third-order valence-corrected chi connectivity index (χ3v) is 23.2. The molecule has 0 aromatic heterocycles. The predicted octanol–water partition coefficient (Wildman–Crippen LogP) is 20.8. The van der Waals surface area contributed by atoms with Crippen LogP contribution in [0.4, 0.5) is 0 Å². The number of Topliss-reactive ketones (excluding diaryl/α,β-unsaturated/α-hetero) is 3. The van der Waals surface area contributed by atoms with Gasteiger partial charge in [-0.25, -0.2) is 0 Å². The molecule has 12 rings (SSSR count). The van der Waals surface area contributed by atoms with Crippen molar-refractivity contribution in [3.63, 3.8) is 0 Å². The van der Waals surface area contributed by atoms with Crippen LogP contribution in [0.2, 0.25) is 0 Å². The Hall–Kier alpha value is -5.33. The van der Waals surface area contributed by atoms with Gasteiger partial charge in [-0.15, -0.1) is 34.8 Å². The van der Waals surface area contributed by atoms with Crippen LogP contribution < -0.4 is 0 Å². The average Bonchev–Trinajstić information content (AvgIpc) is 3.66. The topological polar surface area (TPSA) is 102 Å². The van der Waals surface area contributed by atoms with E-state index in [0.717, 1.165) is 54.5 Å². The van der Waals surface area contributed by atoms with Crippen molar-refractivity contribution < 1.29 is 28.8 Å². The molecule has 8 aromatic rings. The minimum absolute atomic E-state index is 0.0257. The lowest BCUT2D eigenvalue weighted by molar-refractivity contribution is 0.0981. The Morgan fingerprint density at radius 3 is 0.663 bits per heavy atom. The van der Waals surface area contributed by atoms with Crippen molar-refractivity contribution in [3.8, 4) is 0 Å². The van der Waals surface area contributed by atoms with E-state index < -0.39 is 0 Å². The van der Waals surface area contributed by atoms with Crippen molar-refractivity contribution in [1.82, 2.24) is 0 Å². The summed E-state index contributed by atoms with van der Waals surface area (Å²) >= 11 is 30.3. The fraction of sp³-hybridized carbons (Fsp3) is 0.0909. The quantitative estimate of drug-likeness (QED) is 0.0553. The molecule has 0 bridgehead atoms. The molecule has 0 saturated carbocycles. The Kier molecular flexibility index (Phi) is 22.2. The third kappa shape index (κ3) is 15.6. The van der Waals surface area contributed by atoms with Crippen LogP contribution in [0.1, 0.15) is 81.4 Å². The molecule has 0 radical (unpaired) electrons. The normalized spacial score (nSPS) is 12.4. The highest BCUT2D eigenvalue weighted by Gasteiger charge is 2.24. The second-order valence-corrected chi connectivity index (χ2v) is 27.8. The number of halogens is 3. The van der Waals surface area contributed by atoms with E-state index >= 15 is 0 Å². The fourth-order valence-electron chi connectivity index (χ4n) is 8.24. The van der Waals surface area contributed by atoms with Crippen molar-refractivity contribution in [2.45, 2.75) is 97.6 Å². The maximum atomic E-state index is 12.0. The van der Waals surface area contributed by atoms with Gasteiger partial charge in [-0.05, 0) is 133 Å². The maximum absolute atomic E-state index is 12.0. The zero-order valence-electron chi connectivity index (χ0n) is 44.0. The number of fused-ring (bicyclic) bond motifs is 8. The summed E-state index contributed by atoms with van der Waals surface area (Å²) in [5.41, 5.74) is 4.13. The number of ketones is 6. The largest absolute Gasteiger partial charge is 0.294 e. The summed E-state index contributed by atoms with van der Waals surface area (Å²) in [4.78, 5) is 89.3. The Morgan fingerprint density at radius 1 is 0.277 bits per heavy atom. The Balaban J connectivity index is 0.000000134. The molecule has 0 amide bonds. The molecule has 8 aromatic carbocycles. The van der Waals surface area contributed by atoms with Gasteiger partial charge in [0.25, 0.3) is 0 Å². The summed E-state index contributed by atoms with van der Waals surface area (Å²) in [6, 6.07) is 51.1. The van der Waals surface area contributed by atoms with E-state index in [1.807, 2.05) is 115 Å². The summed E-state index contributed by atoms with van der Waals surface area (Å²) < 4.78 is 0. The van der Waals surface area contributed by atoms with E-state index in [0.29, 0.717) is 64.7 Å². The van der Waals surface area contributed by atoms with Crippen LogP contribution in [0.5, 0.6) is 0 Å². The Labute approximate surface area is 531 Å². The number of benzene rings is 8. The zero-order chi connectivity index (χ0) is 58.6. The van der Waals surface area contributed by atoms with Crippen LogP contribution in [0.25, 0.3) is 0 Å². The molecule has 4 aliphatic heterocycles. The first-order valence-electron chi connectivity index (χ1n) is 25.5. The first kappa shape index (κ1) is 62.2. The molecular weight excluding hydrogens is 1250 g/mol. The van der Waals surface area contributed by atoms with Crippen LogP contribution in [-0.2, 0) is 0 Å². The van der Waals surface area contributed by atoms with Crippen molar-refractivity contribution in [2.75, 3.05) is 17.6 Å². The van der Waals surface area contributed by atoms with Gasteiger partial charge in [0.2, 0.25) is 0 Å². The summed E-state index contributed by atoms with van der Waals surface area (Å²) in [5.74, 6) is 1.10. The molecule has 4 aliphatic rings. The molecule has 0 saturated heterocycles. The molecular formula is C66H47Cl3O6S8. The standard InChI is InChI=1S/C18H14Cl2O2S2.C18H12O2S2.C15H11ClOS2.C15H10OS2/c19-7-5-13(21)11-1-3-15-17(9-11)24-16-4-2-12(10-18(16)23-15)14(22)6-8-20;1-3-13(19)11-5-7-15-17(9-11)21-16-8-6-12(14(20)4-2)10-18(16)22-15;16-8-7-11(17)10-5-6-14-15(9-10)19-13-4-2-1-3-12(13)18-14;1-2-11(16)10-7-8-14-15(9-10)18-13-6-4-3-5-12(13)17-14/h1-4,9-10H,5-8H2;3-10H,1-2H2;1-6,9H,7-8H2;2-9H,1H2. The van der Waals surface area contributed by atoms with E-state index in [9.17, 15) is 28.8 Å². The van der Waals surface area contributed by atoms with Crippen LogP contribution in [-0.4, -0.2) is 52.3 Å². The van der Waals surface area contributed by atoms with Crippen LogP contribution in [0, 0.1) is 0 Å². The van der Waals surface area contributed by atoms with Gasteiger partial charge in [-0.1, -0.05) is 156 Å². The maximum Gasteiger partial charge on any atom is 0.185 e. The third-order valence-electron chi connectivity index (χ3n) is 12.5. The summed E-state index contributed by atoms with van der Waals surface area (Å²) in [5, 5.41) is 0. The Bertz CT molecular complexity index is 3780. The molecule has 83 heavy (non-hydrogen) atoms. The molecule has 0 unspecified atom stereocenters. The van der Waals surface area contributed by atoms with Crippen molar-refractivity contribution in [3.05, 3.63) is 229 Å². The van der Waals surface area contributed by atoms with E-state index in [1.165, 1.54) is 47.6 Å². The van der Waals surface area contributed by atoms with Crippen LogP contribution in [0.3, 0.4) is 0 Å².